The zero-order valence-corrected chi connectivity index (χ0v) is 14.3. The minimum absolute atomic E-state index is 0.145. The Bertz CT molecular complexity index is 476. The molecule has 0 saturated heterocycles. The maximum absolute atomic E-state index is 12.1. The molecule has 0 aromatic heterocycles. The van der Waals surface area contributed by atoms with Crippen molar-refractivity contribution in [3.63, 3.8) is 0 Å². The highest BCUT2D eigenvalue weighted by molar-refractivity contribution is 7.80. The summed E-state index contributed by atoms with van der Waals surface area (Å²) in [6.07, 6.45) is 0.751. The average Bonchev–Trinajstić information content (AvgIpc) is 2.50. The topological polar surface area (TPSA) is 55.4 Å². The minimum atomic E-state index is -0.661. The van der Waals surface area contributed by atoms with E-state index >= 15 is 0 Å². The number of benzene rings is 1. The van der Waals surface area contributed by atoms with Gasteiger partial charge in [0.1, 0.15) is 12.6 Å². The van der Waals surface area contributed by atoms with E-state index in [1.807, 2.05) is 30.3 Å². The Labute approximate surface area is 138 Å². The van der Waals surface area contributed by atoms with Crippen LogP contribution in [-0.2, 0) is 20.9 Å². The Hall–Kier alpha value is -1.49. The first-order chi connectivity index (χ1) is 10.4. The molecule has 0 aliphatic carbocycles. The molecule has 2 atom stereocenters. The summed E-state index contributed by atoms with van der Waals surface area (Å²) in [4.78, 5) is 24.1. The maximum atomic E-state index is 12.1. The van der Waals surface area contributed by atoms with Crippen LogP contribution in [0.1, 0.15) is 32.8 Å². The van der Waals surface area contributed by atoms with Crippen LogP contribution in [0.25, 0.3) is 0 Å². The predicted molar refractivity (Wildman–Crippen MR) is 90.6 cm³/mol. The van der Waals surface area contributed by atoms with Crippen molar-refractivity contribution in [1.82, 2.24) is 5.32 Å². The van der Waals surface area contributed by atoms with Crippen molar-refractivity contribution in [3.8, 4) is 0 Å². The molecule has 1 N–H and O–H groups in total. The first kappa shape index (κ1) is 18.6. The van der Waals surface area contributed by atoms with Crippen LogP contribution in [0.2, 0.25) is 0 Å². The zero-order chi connectivity index (χ0) is 16.5. The van der Waals surface area contributed by atoms with Crippen molar-refractivity contribution in [1.29, 1.82) is 0 Å². The fraction of sp³-hybridized carbons (Fsp3) is 0.529. The third kappa shape index (κ3) is 6.52. The van der Waals surface area contributed by atoms with Crippen LogP contribution in [0.5, 0.6) is 0 Å². The standard InChI is InChI=1S/C17H25NO3S/c1-12(2)9-15(11-22)16(19)18-13(3)17(20)21-10-14-7-5-4-6-8-14/h4-8,12-13,15,22H,9-11H2,1-3H3,(H,18,19). The molecule has 0 aliphatic rings. The van der Waals surface area contributed by atoms with Crippen molar-refractivity contribution in [2.24, 2.45) is 11.8 Å². The molecule has 0 radical (unpaired) electrons. The van der Waals surface area contributed by atoms with Gasteiger partial charge in [-0.15, -0.1) is 0 Å². The van der Waals surface area contributed by atoms with Gasteiger partial charge in [-0.1, -0.05) is 44.2 Å². The third-order valence-corrected chi connectivity index (χ3v) is 3.72. The lowest BCUT2D eigenvalue weighted by molar-refractivity contribution is -0.149. The molecule has 0 bridgehead atoms. The number of carbonyl (C=O) groups excluding carboxylic acids is 2. The second-order valence-electron chi connectivity index (χ2n) is 5.83. The van der Waals surface area contributed by atoms with Crippen molar-refractivity contribution in [2.75, 3.05) is 5.75 Å². The van der Waals surface area contributed by atoms with Crippen LogP contribution in [0.3, 0.4) is 0 Å². The molecule has 0 heterocycles. The van der Waals surface area contributed by atoms with E-state index in [0.29, 0.717) is 11.7 Å². The molecule has 22 heavy (non-hydrogen) atoms. The van der Waals surface area contributed by atoms with Gasteiger partial charge in [0.2, 0.25) is 5.91 Å². The largest absolute Gasteiger partial charge is 0.459 e. The van der Waals surface area contributed by atoms with Crippen molar-refractivity contribution >= 4 is 24.5 Å². The molecule has 1 aromatic rings. The van der Waals surface area contributed by atoms with Gasteiger partial charge in [-0.3, -0.25) is 4.79 Å². The van der Waals surface area contributed by atoms with Gasteiger partial charge in [-0.05, 0) is 24.8 Å². The lowest BCUT2D eigenvalue weighted by Crippen LogP contribution is -2.43. The van der Waals surface area contributed by atoms with Crippen molar-refractivity contribution in [2.45, 2.75) is 39.8 Å². The smallest absolute Gasteiger partial charge is 0.328 e. The average molecular weight is 323 g/mol. The predicted octanol–water partition coefficient (Wildman–Crippen LogP) is 2.83. The second-order valence-corrected chi connectivity index (χ2v) is 6.20. The molecule has 0 saturated carbocycles. The quantitative estimate of drug-likeness (QED) is 0.571. The summed E-state index contributed by atoms with van der Waals surface area (Å²) in [6.45, 7) is 5.96. The van der Waals surface area contributed by atoms with Crippen molar-refractivity contribution in [3.05, 3.63) is 35.9 Å². The molecule has 1 rings (SSSR count). The Balaban J connectivity index is 2.44. The molecule has 2 unspecified atom stereocenters. The number of hydrogen-bond donors (Lipinski definition) is 2. The molecular weight excluding hydrogens is 298 g/mol. The first-order valence-electron chi connectivity index (χ1n) is 7.55. The highest BCUT2D eigenvalue weighted by Crippen LogP contribution is 2.13. The maximum Gasteiger partial charge on any atom is 0.328 e. The summed E-state index contributed by atoms with van der Waals surface area (Å²) in [7, 11) is 0. The van der Waals surface area contributed by atoms with Gasteiger partial charge in [0, 0.05) is 11.7 Å². The number of rotatable bonds is 8. The molecular formula is C17H25NO3S. The molecule has 1 aromatic carbocycles. The van der Waals surface area contributed by atoms with E-state index in [9.17, 15) is 9.59 Å². The number of thiol groups is 1. The van der Waals surface area contributed by atoms with Crippen LogP contribution in [-0.4, -0.2) is 23.7 Å². The Morgan fingerprint density at radius 3 is 2.36 bits per heavy atom. The minimum Gasteiger partial charge on any atom is -0.459 e. The summed E-state index contributed by atoms with van der Waals surface area (Å²) < 4.78 is 5.21. The molecule has 0 spiro atoms. The van der Waals surface area contributed by atoms with Crippen molar-refractivity contribution < 1.29 is 14.3 Å². The first-order valence-corrected chi connectivity index (χ1v) is 8.19. The highest BCUT2D eigenvalue weighted by Gasteiger charge is 2.23. The fourth-order valence-electron chi connectivity index (χ4n) is 2.08. The van der Waals surface area contributed by atoms with Gasteiger partial charge in [0.05, 0.1) is 0 Å². The molecule has 0 fully saturated rings. The SMILES string of the molecule is CC(C)CC(CS)C(=O)NC(C)C(=O)OCc1ccccc1. The normalized spacial score (nSPS) is 13.5. The lowest BCUT2D eigenvalue weighted by Gasteiger charge is -2.19. The number of amides is 1. The summed E-state index contributed by atoms with van der Waals surface area (Å²) in [5.41, 5.74) is 0.919. The summed E-state index contributed by atoms with van der Waals surface area (Å²) in [6, 6.07) is 8.78. The number of nitrogens with one attached hydrogen (secondary N) is 1. The van der Waals surface area contributed by atoms with Crippen LogP contribution in [0.4, 0.5) is 0 Å². The molecule has 5 heteroatoms. The van der Waals surface area contributed by atoms with E-state index in [2.05, 4.69) is 31.8 Å². The Morgan fingerprint density at radius 2 is 1.82 bits per heavy atom. The zero-order valence-electron chi connectivity index (χ0n) is 13.4. The summed E-state index contributed by atoms with van der Waals surface area (Å²) >= 11 is 4.22. The number of esters is 1. The summed E-state index contributed by atoms with van der Waals surface area (Å²) in [5.74, 6) is 0.110. The molecule has 0 aliphatic heterocycles. The van der Waals surface area contributed by atoms with E-state index in [1.54, 1.807) is 6.92 Å². The van der Waals surface area contributed by atoms with E-state index in [-0.39, 0.29) is 18.4 Å². The van der Waals surface area contributed by atoms with Crippen LogP contribution < -0.4 is 5.32 Å². The van der Waals surface area contributed by atoms with Gasteiger partial charge in [0.15, 0.2) is 0 Å². The molecule has 4 nitrogen and oxygen atoms in total. The number of carbonyl (C=O) groups is 2. The van der Waals surface area contributed by atoms with Gasteiger partial charge in [0.25, 0.3) is 0 Å². The van der Waals surface area contributed by atoms with E-state index in [0.717, 1.165) is 12.0 Å². The Kier molecular flexibility index (Phi) is 8.02. The second kappa shape index (κ2) is 9.51. The van der Waals surface area contributed by atoms with E-state index < -0.39 is 12.0 Å². The van der Waals surface area contributed by atoms with Gasteiger partial charge in [-0.25, -0.2) is 4.79 Å². The number of ether oxygens (including phenoxy) is 1. The van der Waals surface area contributed by atoms with E-state index in [4.69, 9.17) is 4.74 Å². The van der Waals surface area contributed by atoms with Crippen LogP contribution in [0, 0.1) is 11.8 Å². The van der Waals surface area contributed by atoms with Gasteiger partial charge < -0.3 is 10.1 Å². The summed E-state index contributed by atoms with van der Waals surface area (Å²) in [5, 5.41) is 2.71. The monoisotopic (exact) mass is 323 g/mol. The Morgan fingerprint density at radius 1 is 1.18 bits per heavy atom. The van der Waals surface area contributed by atoms with Gasteiger partial charge >= 0.3 is 5.97 Å². The number of hydrogen-bond acceptors (Lipinski definition) is 4. The fourth-order valence-corrected chi connectivity index (χ4v) is 2.39. The highest BCUT2D eigenvalue weighted by atomic mass is 32.1. The van der Waals surface area contributed by atoms with Gasteiger partial charge in [-0.2, -0.15) is 12.6 Å². The van der Waals surface area contributed by atoms with E-state index in [1.165, 1.54) is 0 Å². The third-order valence-electron chi connectivity index (χ3n) is 3.28. The molecule has 1 amide bonds. The lowest BCUT2D eigenvalue weighted by atomic mass is 9.98. The molecule has 122 valence electrons. The van der Waals surface area contributed by atoms with Crippen LogP contribution in [0.15, 0.2) is 30.3 Å². The van der Waals surface area contributed by atoms with Crippen LogP contribution >= 0.6 is 12.6 Å².